The van der Waals surface area contributed by atoms with E-state index < -0.39 is 16.1 Å². The lowest BCUT2D eigenvalue weighted by atomic mass is 10.1. The van der Waals surface area contributed by atoms with Crippen molar-refractivity contribution in [3.05, 3.63) is 71.4 Å². The Morgan fingerprint density at radius 1 is 1.16 bits per heavy atom. The maximum Gasteiger partial charge on any atom is 0.233 e. The molecule has 4 aromatic rings. The van der Waals surface area contributed by atoms with Gasteiger partial charge in [-0.3, -0.25) is 5.01 Å². The number of aryl methyl sites for hydroxylation is 1. The molecule has 0 aliphatic carbocycles. The van der Waals surface area contributed by atoms with Gasteiger partial charge in [-0.15, -0.1) is 0 Å². The molecule has 1 N–H and O–H groups in total. The maximum absolute atomic E-state index is 13.0. The molecule has 0 bridgehead atoms. The molecule has 2 aromatic carbocycles. The van der Waals surface area contributed by atoms with Crippen LogP contribution in [-0.4, -0.2) is 41.4 Å². The van der Waals surface area contributed by atoms with Gasteiger partial charge >= 0.3 is 0 Å². The summed E-state index contributed by atoms with van der Waals surface area (Å²) in [5.74, 6) is 0.731. The average Bonchev–Trinajstić information content (AvgIpc) is 3.36. The van der Waals surface area contributed by atoms with Crippen LogP contribution < -0.4 is 4.74 Å². The Labute approximate surface area is 188 Å². The number of aliphatic hydroxyl groups is 1. The second kappa shape index (κ2) is 7.73. The first-order valence-corrected chi connectivity index (χ1v) is 12.1. The van der Waals surface area contributed by atoms with Crippen LogP contribution in [0.4, 0.5) is 0 Å². The number of sulfone groups is 1. The highest BCUT2D eigenvalue weighted by Crippen LogP contribution is 2.38. The highest BCUT2D eigenvalue weighted by molar-refractivity contribution is 7.93. The Morgan fingerprint density at radius 2 is 1.94 bits per heavy atom. The molecule has 0 spiro atoms. The summed E-state index contributed by atoms with van der Waals surface area (Å²) in [6.45, 7) is 0.383. The molecule has 3 heterocycles. The quantitative estimate of drug-likeness (QED) is 0.483. The molecule has 1 unspecified atom stereocenters. The summed E-state index contributed by atoms with van der Waals surface area (Å²) in [6.07, 6.45) is 0.656. The minimum atomic E-state index is -3.72. The molecule has 10 heteroatoms. The molecule has 32 heavy (non-hydrogen) atoms. The third-order valence-electron chi connectivity index (χ3n) is 5.41. The molecule has 0 fully saturated rings. The molecule has 1 aliphatic heterocycles. The normalized spacial score (nSPS) is 15.8. The highest BCUT2D eigenvalue weighted by Gasteiger charge is 2.32. The molecule has 5 rings (SSSR count). The Bertz CT molecular complexity index is 1440. The summed E-state index contributed by atoms with van der Waals surface area (Å²) < 4.78 is 33.7. The zero-order valence-electron chi connectivity index (χ0n) is 17.3. The van der Waals surface area contributed by atoms with E-state index in [4.69, 9.17) is 4.74 Å². The van der Waals surface area contributed by atoms with Crippen molar-refractivity contribution in [2.45, 2.75) is 22.0 Å². The lowest BCUT2D eigenvalue weighted by Crippen LogP contribution is -2.28. The van der Waals surface area contributed by atoms with Crippen molar-refractivity contribution in [1.82, 2.24) is 14.6 Å². The van der Waals surface area contributed by atoms with E-state index in [2.05, 4.69) is 10.1 Å². The Balaban J connectivity index is 1.51. The van der Waals surface area contributed by atoms with Gasteiger partial charge < -0.3 is 14.4 Å². The lowest BCUT2D eigenvalue weighted by molar-refractivity contribution is -0.0100. The number of ether oxygens (including phenoxy) is 1. The molecule has 0 saturated heterocycles. The van der Waals surface area contributed by atoms with Gasteiger partial charge in [0.15, 0.2) is 11.9 Å². The van der Waals surface area contributed by atoms with Crippen molar-refractivity contribution in [3.63, 3.8) is 0 Å². The molecule has 1 atom stereocenters. The van der Waals surface area contributed by atoms with E-state index in [-0.39, 0.29) is 9.24 Å². The van der Waals surface area contributed by atoms with E-state index in [1.54, 1.807) is 60.3 Å². The lowest BCUT2D eigenvalue weighted by Gasteiger charge is -2.29. The van der Waals surface area contributed by atoms with Gasteiger partial charge in [-0.2, -0.15) is 5.10 Å². The van der Waals surface area contributed by atoms with Gasteiger partial charge in [0.05, 0.1) is 35.2 Å². The SMILES string of the molecule is COc1cccc(CN2N=Cc3c(n(C)c4nc(S(=O)(=O)c5ccccc5)sc34)C2O)c1. The van der Waals surface area contributed by atoms with Crippen molar-refractivity contribution < 1.29 is 18.3 Å². The van der Waals surface area contributed by atoms with Crippen LogP contribution >= 0.6 is 11.3 Å². The van der Waals surface area contributed by atoms with Gasteiger partial charge in [-0.25, -0.2) is 13.4 Å². The Morgan fingerprint density at radius 3 is 2.69 bits per heavy atom. The molecular weight excluding hydrogens is 448 g/mol. The molecule has 0 radical (unpaired) electrons. The van der Waals surface area contributed by atoms with E-state index in [1.165, 1.54) is 0 Å². The minimum absolute atomic E-state index is 0.0220. The fraction of sp³-hybridized carbons (Fsp3) is 0.182. The van der Waals surface area contributed by atoms with Crippen molar-refractivity contribution in [2.24, 2.45) is 12.1 Å². The maximum atomic E-state index is 13.0. The predicted octanol–water partition coefficient (Wildman–Crippen LogP) is 3.32. The van der Waals surface area contributed by atoms with Crippen molar-refractivity contribution in [1.29, 1.82) is 0 Å². The van der Waals surface area contributed by atoms with E-state index in [0.29, 0.717) is 28.1 Å². The van der Waals surface area contributed by atoms with Crippen LogP contribution in [0.3, 0.4) is 0 Å². The second-order valence-electron chi connectivity index (χ2n) is 7.37. The van der Waals surface area contributed by atoms with Gasteiger partial charge in [0, 0.05) is 12.6 Å². The van der Waals surface area contributed by atoms with Crippen molar-refractivity contribution in [2.75, 3.05) is 7.11 Å². The first-order valence-electron chi connectivity index (χ1n) is 9.81. The van der Waals surface area contributed by atoms with Crippen LogP contribution in [0.15, 0.2) is 68.9 Å². The zero-order chi connectivity index (χ0) is 22.5. The van der Waals surface area contributed by atoms with Crippen LogP contribution in [-0.2, 0) is 23.4 Å². The average molecular weight is 469 g/mol. The predicted molar refractivity (Wildman–Crippen MR) is 122 cm³/mol. The number of aliphatic hydroxyl groups excluding tert-OH is 1. The first kappa shape index (κ1) is 20.7. The van der Waals surface area contributed by atoms with Crippen molar-refractivity contribution in [3.8, 4) is 5.75 Å². The number of methoxy groups -OCH3 is 1. The highest BCUT2D eigenvalue weighted by atomic mass is 32.2. The Hall–Kier alpha value is -3.21. The molecule has 8 nitrogen and oxygen atoms in total. The molecular formula is C22H20N4O4S2. The summed E-state index contributed by atoms with van der Waals surface area (Å²) in [4.78, 5) is 4.62. The van der Waals surface area contributed by atoms with Gasteiger partial charge in [-0.05, 0) is 29.8 Å². The third kappa shape index (κ3) is 3.27. The van der Waals surface area contributed by atoms with E-state index in [0.717, 1.165) is 22.6 Å². The Kier molecular flexibility index (Phi) is 5.00. The second-order valence-corrected chi connectivity index (χ2v) is 10.5. The number of thiazole rings is 1. The van der Waals surface area contributed by atoms with Gasteiger partial charge in [-0.1, -0.05) is 41.7 Å². The standard InChI is InChI=1S/C22H20N4O4S2/c1-25-18-17(12-23-26(21(18)27)13-14-7-6-8-15(11-14)30-2)19-20(25)24-22(31-19)32(28,29)16-9-4-3-5-10-16/h3-12,21,27H,13H2,1-2H3. The monoisotopic (exact) mass is 468 g/mol. The molecule has 0 amide bonds. The number of hydrogen-bond donors (Lipinski definition) is 1. The zero-order valence-corrected chi connectivity index (χ0v) is 19.0. The first-order chi connectivity index (χ1) is 15.4. The summed E-state index contributed by atoms with van der Waals surface area (Å²) in [7, 11) is -0.345. The van der Waals surface area contributed by atoms with E-state index in [1.807, 2.05) is 24.3 Å². The van der Waals surface area contributed by atoms with E-state index in [9.17, 15) is 13.5 Å². The fourth-order valence-corrected chi connectivity index (χ4v) is 6.53. The number of hydrogen-bond acceptors (Lipinski definition) is 8. The smallest absolute Gasteiger partial charge is 0.233 e. The largest absolute Gasteiger partial charge is 0.497 e. The molecule has 2 aromatic heterocycles. The number of benzene rings is 2. The topological polar surface area (TPSA) is 97.0 Å². The number of rotatable bonds is 5. The minimum Gasteiger partial charge on any atom is -0.497 e. The number of nitrogens with zero attached hydrogens (tertiary/aromatic N) is 4. The number of hydrazone groups is 1. The van der Waals surface area contributed by atoms with Crippen LogP contribution in [0.1, 0.15) is 23.0 Å². The van der Waals surface area contributed by atoms with Crippen LogP contribution in [0.5, 0.6) is 5.75 Å². The van der Waals surface area contributed by atoms with Crippen LogP contribution in [0.25, 0.3) is 10.3 Å². The van der Waals surface area contributed by atoms with Gasteiger partial charge in [0.2, 0.25) is 14.2 Å². The van der Waals surface area contributed by atoms with Gasteiger partial charge in [0.1, 0.15) is 5.75 Å². The van der Waals surface area contributed by atoms with Crippen LogP contribution in [0.2, 0.25) is 0 Å². The van der Waals surface area contributed by atoms with Crippen LogP contribution in [0, 0.1) is 0 Å². The molecule has 164 valence electrons. The van der Waals surface area contributed by atoms with Crippen molar-refractivity contribution >= 4 is 37.7 Å². The molecule has 1 aliphatic rings. The number of aromatic nitrogens is 2. The third-order valence-corrected chi connectivity index (χ3v) is 8.64. The van der Waals surface area contributed by atoms with E-state index >= 15 is 0 Å². The summed E-state index contributed by atoms with van der Waals surface area (Å²) in [6, 6.07) is 15.8. The molecule has 0 saturated carbocycles. The fourth-order valence-electron chi connectivity index (χ4n) is 3.78. The van der Waals surface area contributed by atoms with Gasteiger partial charge in [0.25, 0.3) is 0 Å². The number of fused-ring (bicyclic) bond motifs is 3. The summed E-state index contributed by atoms with van der Waals surface area (Å²) in [5.41, 5.74) is 2.75. The summed E-state index contributed by atoms with van der Waals surface area (Å²) >= 11 is 1.09. The summed E-state index contributed by atoms with van der Waals surface area (Å²) in [5, 5.41) is 17.0.